The zero-order valence-electron chi connectivity index (χ0n) is 8.92. The Hall–Kier alpha value is -2.18. The van der Waals surface area contributed by atoms with Crippen molar-refractivity contribution < 1.29 is 24.0 Å². The quantitative estimate of drug-likeness (QED) is 0.630. The highest BCUT2D eigenvalue weighted by Gasteiger charge is 2.22. The maximum Gasteiger partial charge on any atom is 0.314 e. The van der Waals surface area contributed by atoms with Crippen LogP contribution in [0.5, 0.6) is 5.75 Å². The lowest BCUT2D eigenvalue weighted by Gasteiger charge is -2.12. The minimum atomic E-state index is -1.13. The number of halogens is 1. The summed E-state index contributed by atoms with van der Waals surface area (Å²) in [7, 11) is 0. The Kier molecular flexibility index (Phi) is 3.97. The van der Waals surface area contributed by atoms with Gasteiger partial charge in [-0.3, -0.25) is 14.9 Å². The number of ether oxygens (including phenoxy) is 1. The van der Waals surface area contributed by atoms with Crippen LogP contribution in [-0.2, 0) is 4.79 Å². The second-order valence-corrected chi connectivity index (χ2v) is 3.37. The summed E-state index contributed by atoms with van der Waals surface area (Å²) in [5.41, 5.74) is -0.526. The van der Waals surface area contributed by atoms with Gasteiger partial charge in [0.05, 0.1) is 11.3 Å². The summed E-state index contributed by atoms with van der Waals surface area (Å²) in [6.07, 6.45) is -1.23. The molecule has 0 bridgehead atoms. The number of nitro groups is 1. The Bertz CT molecular complexity index is 448. The number of nitro benzene ring substituents is 1. The Morgan fingerprint density at radius 1 is 1.65 bits per heavy atom. The molecule has 0 aliphatic heterocycles. The largest absolute Gasteiger partial charge is 0.481 e. The fourth-order valence-electron chi connectivity index (χ4n) is 1.25. The Morgan fingerprint density at radius 3 is 2.82 bits per heavy atom. The van der Waals surface area contributed by atoms with E-state index < -0.39 is 34.3 Å². The summed E-state index contributed by atoms with van der Waals surface area (Å²) in [6, 6.07) is 3.28. The number of carboxylic acid groups (broad SMARTS) is 1. The zero-order valence-corrected chi connectivity index (χ0v) is 8.92. The molecule has 0 heterocycles. The van der Waals surface area contributed by atoms with Crippen LogP contribution in [0.3, 0.4) is 0 Å². The van der Waals surface area contributed by atoms with Crippen molar-refractivity contribution >= 4 is 11.7 Å². The molecule has 0 fully saturated rings. The third-order valence-electron chi connectivity index (χ3n) is 1.92. The van der Waals surface area contributed by atoms with Gasteiger partial charge in [0.15, 0.2) is 5.82 Å². The van der Waals surface area contributed by atoms with Gasteiger partial charge < -0.3 is 9.84 Å². The van der Waals surface area contributed by atoms with E-state index in [1.54, 1.807) is 0 Å². The number of rotatable bonds is 5. The van der Waals surface area contributed by atoms with Gasteiger partial charge in [-0.1, -0.05) is 6.07 Å². The van der Waals surface area contributed by atoms with Gasteiger partial charge in [0.2, 0.25) is 5.75 Å². The van der Waals surface area contributed by atoms with Gasteiger partial charge in [0, 0.05) is 6.07 Å². The van der Waals surface area contributed by atoms with Crippen molar-refractivity contribution in [2.45, 2.75) is 19.4 Å². The number of hydrogen-bond donors (Lipinski definition) is 1. The van der Waals surface area contributed by atoms with E-state index >= 15 is 0 Å². The second-order valence-electron chi connectivity index (χ2n) is 3.37. The summed E-state index contributed by atoms with van der Waals surface area (Å²) in [4.78, 5) is 20.2. The zero-order chi connectivity index (χ0) is 13.0. The molecule has 1 atom stereocenters. The number of hydrogen-bond acceptors (Lipinski definition) is 4. The summed E-state index contributed by atoms with van der Waals surface area (Å²) < 4.78 is 18.3. The number of carbonyl (C=O) groups is 1. The van der Waals surface area contributed by atoms with E-state index in [9.17, 15) is 19.3 Å². The van der Waals surface area contributed by atoms with Crippen molar-refractivity contribution in [3.8, 4) is 5.75 Å². The van der Waals surface area contributed by atoms with Crippen molar-refractivity contribution in [3.05, 3.63) is 34.1 Å². The third-order valence-corrected chi connectivity index (χ3v) is 1.92. The van der Waals surface area contributed by atoms with Crippen LogP contribution < -0.4 is 4.74 Å². The average molecular weight is 243 g/mol. The summed E-state index contributed by atoms with van der Waals surface area (Å²) in [5.74, 6) is -2.56. The third kappa shape index (κ3) is 3.40. The van der Waals surface area contributed by atoms with Crippen molar-refractivity contribution in [2.75, 3.05) is 0 Å². The van der Waals surface area contributed by atoms with Crippen LogP contribution in [0.25, 0.3) is 0 Å². The summed E-state index contributed by atoms with van der Waals surface area (Å²) >= 11 is 0. The van der Waals surface area contributed by atoms with E-state index in [1.807, 2.05) is 0 Å². The molecule has 0 saturated carbocycles. The van der Waals surface area contributed by atoms with Crippen molar-refractivity contribution in [1.29, 1.82) is 0 Å². The predicted molar refractivity (Wildman–Crippen MR) is 55.4 cm³/mol. The van der Waals surface area contributed by atoms with Crippen LogP contribution in [-0.4, -0.2) is 22.1 Å². The first kappa shape index (κ1) is 12.9. The van der Waals surface area contributed by atoms with Crippen molar-refractivity contribution in [2.24, 2.45) is 0 Å². The van der Waals surface area contributed by atoms with Gasteiger partial charge in [0.1, 0.15) is 6.10 Å². The molecule has 0 aromatic heterocycles. The molecule has 0 saturated heterocycles. The fraction of sp³-hybridized carbons (Fsp3) is 0.300. The molecule has 6 nitrogen and oxygen atoms in total. The van der Waals surface area contributed by atoms with Crippen LogP contribution in [0.2, 0.25) is 0 Å². The van der Waals surface area contributed by atoms with Crippen LogP contribution in [0.1, 0.15) is 13.3 Å². The van der Waals surface area contributed by atoms with E-state index in [-0.39, 0.29) is 6.42 Å². The molecule has 1 rings (SSSR count). The molecule has 0 unspecified atom stereocenters. The van der Waals surface area contributed by atoms with E-state index in [2.05, 4.69) is 0 Å². The number of aliphatic carboxylic acids is 1. The molecule has 0 aliphatic carbocycles. The summed E-state index contributed by atoms with van der Waals surface area (Å²) in [6.45, 7) is 1.39. The molecule has 17 heavy (non-hydrogen) atoms. The van der Waals surface area contributed by atoms with Gasteiger partial charge >= 0.3 is 11.7 Å². The molecule has 0 aliphatic rings. The minimum Gasteiger partial charge on any atom is -0.481 e. The van der Waals surface area contributed by atoms with Crippen LogP contribution in [0.15, 0.2) is 18.2 Å². The van der Waals surface area contributed by atoms with Gasteiger partial charge in [0.25, 0.3) is 0 Å². The van der Waals surface area contributed by atoms with Crippen molar-refractivity contribution in [1.82, 2.24) is 0 Å². The maximum absolute atomic E-state index is 13.3. The second kappa shape index (κ2) is 5.24. The van der Waals surface area contributed by atoms with E-state index in [4.69, 9.17) is 9.84 Å². The molecule has 1 N–H and O–H groups in total. The topological polar surface area (TPSA) is 89.7 Å². The van der Waals surface area contributed by atoms with Gasteiger partial charge in [-0.05, 0) is 13.0 Å². The van der Waals surface area contributed by atoms with Gasteiger partial charge in [-0.2, -0.15) is 0 Å². The smallest absolute Gasteiger partial charge is 0.314 e. The predicted octanol–water partition coefficient (Wildman–Crippen LogP) is 1.98. The fourth-order valence-corrected chi connectivity index (χ4v) is 1.25. The SMILES string of the molecule is C[C@@H](CC(=O)O)Oc1c(F)cccc1[N+](=O)[O-]. The standard InChI is InChI=1S/C10H10FNO5/c1-6(5-9(13)14)17-10-7(11)3-2-4-8(10)12(15)16/h2-4,6H,5H2,1H3,(H,13,14)/t6-/m0/s1. The number of benzene rings is 1. The Balaban J connectivity index is 2.96. The lowest BCUT2D eigenvalue weighted by Crippen LogP contribution is -2.17. The van der Waals surface area contributed by atoms with Crippen molar-refractivity contribution in [3.63, 3.8) is 0 Å². The monoisotopic (exact) mass is 243 g/mol. The highest BCUT2D eigenvalue weighted by molar-refractivity contribution is 5.67. The highest BCUT2D eigenvalue weighted by Crippen LogP contribution is 2.30. The average Bonchev–Trinajstić information content (AvgIpc) is 2.19. The Morgan fingerprint density at radius 2 is 2.29 bits per heavy atom. The van der Waals surface area contributed by atoms with Gasteiger partial charge in [-0.15, -0.1) is 0 Å². The molecular weight excluding hydrogens is 233 g/mol. The van der Waals surface area contributed by atoms with Crippen LogP contribution in [0, 0.1) is 15.9 Å². The normalized spacial score (nSPS) is 11.9. The first-order valence-electron chi connectivity index (χ1n) is 4.73. The number of carboxylic acids is 1. The number of para-hydroxylation sites is 1. The van der Waals surface area contributed by atoms with E-state index in [0.29, 0.717) is 0 Å². The summed E-state index contributed by atoms with van der Waals surface area (Å²) in [5, 5.41) is 19.1. The molecule has 0 radical (unpaired) electrons. The lowest BCUT2D eigenvalue weighted by molar-refractivity contribution is -0.386. The van der Waals surface area contributed by atoms with E-state index in [0.717, 1.165) is 12.1 Å². The molecule has 92 valence electrons. The molecule has 0 spiro atoms. The highest BCUT2D eigenvalue weighted by atomic mass is 19.1. The van der Waals surface area contributed by atoms with E-state index in [1.165, 1.54) is 13.0 Å². The number of nitrogens with zero attached hydrogens (tertiary/aromatic N) is 1. The maximum atomic E-state index is 13.3. The van der Waals surface area contributed by atoms with Crippen LogP contribution >= 0.6 is 0 Å². The molecule has 0 amide bonds. The molecular formula is C10H10FNO5. The molecule has 7 heteroatoms. The lowest BCUT2D eigenvalue weighted by atomic mass is 10.2. The minimum absolute atomic E-state index is 0.370. The first-order valence-corrected chi connectivity index (χ1v) is 4.73. The van der Waals surface area contributed by atoms with Crippen LogP contribution in [0.4, 0.5) is 10.1 Å². The molecule has 1 aromatic rings. The molecule has 1 aromatic carbocycles. The van der Waals surface area contributed by atoms with Gasteiger partial charge in [-0.25, -0.2) is 4.39 Å². The first-order chi connectivity index (χ1) is 7.91. The Labute approximate surface area is 95.8 Å².